The molecule has 0 atom stereocenters. The van der Waals surface area contributed by atoms with E-state index in [0.717, 1.165) is 3.57 Å². The van der Waals surface area contributed by atoms with Gasteiger partial charge in [0, 0.05) is 21.2 Å². The van der Waals surface area contributed by atoms with E-state index in [-0.39, 0.29) is 11.9 Å². The fraction of sp³-hybridized carbons (Fsp3) is 0.231. The van der Waals surface area contributed by atoms with Crippen LogP contribution in [0.1, 0.15) is 30.2 Å². The number of nitrogens with zero attached hydrogens (tertiary/aromatic N) is 2. The van der Waals surface area contributed by atoms with Crippen molar-refractivity contribution in [3.8, 4) is 0 Å². The zero-order valence-corrected chi connectivity index (χ0v) is 12.4. The standard InChI is InChI=1S/C13H14IN3O/c1-9(2)17-12(6-7-15-17)16-13(18)10-4-3-5-11(14)8-10/h3-9H,1-2H3,(H,16,18). The second kappa shape index (κ2) is 5.51. The van der Waals surface area contributed by atoms with E-state index in [1.54, 1.807) is 23.0 Å². The Hall–Kier alpha value is -1.37. The molecule has 1 heterocycles. The van der Waals surface area contributed by atoms with Crippen LogP contribution in [-0.4, -0.2) is 15.7 Å². The summed E-state index contributed by atoms with van der Waals surface area (Å²) in [5.74, 6) is 0.602. The summed E-state index contributed by atoms with van der Waals surface area (Å²) in [7, 11) is 0. The average Bonchev–Trinajstić information content (AvgIpc) is 2.77. The van der Waals surface area contributed by atoms with Crippen LogP contribution in [0.4, 0.5) is 5.82 Å². The van der Waals surface area contributed by atoms with Crippen molar-refractivity contribution in [2.45, 2.75) is 19.9 Å². The molecule has 94 valence electrons. The SMILES string of the molecule is CC(C)n1nccc1NC(=O)c1cccc(I)c1. The fourth-order valence-electron chi connectivity index (χ4n) is 1.64. The van der Waals surface area contributed by atoms with Gasteiger partial charge in [0.2, 0.25) is 0 Å². The van der Waals surface area contributed by atoms with E-state index >= 15 is 0 Å². The minimum absolute atomic E-state index is 0.115. The van der Waals surface area contributed by atoms with Crippen molar-refractivity contribution in [1.29, 1.82) is 0 Å². The third kappa shape index (κ3) is 2.90. The van der Waals surface area contributed by atoms with E-state index in [9.17, 15) is 4.79 Å². The number of hydrogen-bond acceptors (Lipinski definition) is 2. The van der Waals surface area contributed by atoms with Gasteiger partial charge in [0.05, 0.1) is 6.20 Å². The molecule has 4 nitrogen and oxygen atoms in total. The fourth-order valence-corrected chi connectivity index (χ4v) is 2.19. The molecule has 1 amide bonds. The highest BCUT2D eigenvalue weighted by Crippen LogP contribution is 2.15. The third-order valence-corrected chi connectivity index (χ3v) is 3.16. The van der Waals surface area contributed by atoms with Crippen molar-refractivity contribution in [3.63, 3.8) is 0 Å². The van der Waals surface area contributed by atoms with E-state index in [0.29, 0.717) is 11.4 Å². The molecule has 0 radical (unpaired) electrons. The van der Waals surface area contributed by atoms with Crippen LogP contribution >= 0.6 is 22.6 Å². The Kier molecular flexibility index (Phi) is 4.00. The molecule has 0 aliphatic rings. The lowest BCUT2D eigenvalue weighted by Crippen LogP contribution is -2.16. The molecule has 0 unspecified atom stereocenters. The number of carbonyl (C=O) groups excluding carboxylic acids is 1. The van der Waals surface area contributed by atoms with E-state index in [2.05, 4.69) is 33.0 Å². The first-order valence-electron chi connectivity index (χ1n) is 5.68. The van der Waals surface area contributed by atoms with Gasteiger partial charge >= 0.3 is 0 Å². The molecular formula is C13H14IN3O. The van der Waals surface area contributed by atoms with Crippen molar-refractivity contribution >= 4 is 34.3 Å². The lowest BCUT2D eigenvalue weighted by atomic mass is 10.2. The molecule has 0 saturated carbocycles. The Morgan fingerprint density at radius 1 is 1.39 bits per heavy atom. The van der Waals surface area contributed by atoms with Crippen LogP contribution < -0.4 is 5.32 Å². The van der Waals surface area contributed by atoms with Gasteiger partial charge in [-0.2, -0.15) is 5.10 Å². The van der Waals surface area contributed by atoms with Gasteiger partial charge in [0.25, 0.3) is 5.91 Å². The molecule has 0 bridgehead atoms. The molecule has 2 aromatic rings. The molecule has 0 fully saturated rings. The summed E-state index contributed by atoms with van der Waals surface area (Å²) in [6.07, 6.45) is 1.68. The third-order valence-electron chi connectivity index (χ3n) is 2.49. The highest BCUT2D eigenvalue weighted by molar-refractivity contribution is 14.1. The lowest BCUT2D eigenvalue weighted by molar-refractivity contribution is 0.102. The summed E-state index contributed by atoms with van der Waals surface area (Å²) in [4.78, 5) is 12.1. The number of nitrogens with one attached hydrogen (secondary N) is 1. The Labute approximate surface area is 120 Å². The molecule has 5 heteroatoms. The summed E-state index contributed by atoms with van der Waals surface area (Å²) in [5, 5.41) is 7.05. The first kappa shape index (κ1) is 13.1. The van der Waals surface area contributed by atoms with Crippen LogP contribution in [0.25, 0.3) is 0 Å². The normalized spacial score (nSPS) is 10.7. The highest BCUT2D eigenvalue weighted by Gasteiger charge is 2.11. The molecule has 0 saturated heterocycles. The maximum Gasteiger partial charge on any atom is 0.256 e. The summed E-state index contributed by atoms with van der Waals surface area (Å²) in [6, 6.07) is 9.49. The predicted octanol–water partition coefficient (Wildman–Crippen LogP) is 3.32. The molecule has 1 aromatic heterocycles. The van der Waals surface area contributed by atoms with E-state index in [4.69, 9.17) is 0 Å². The van der Waals surface area contributed by atoms with E-state index in [1.165, 1.54) is 0 Å². The average molecular weight is 355 g/mol. The van der Waals surface area contributed by atoms with Gasteiger partial charge in [0.1, 0.15) is 5.82 Å². The number of amides is 1. The summed E-state index contributed by atoms with van der Waals surface area (Å²) < 4.78 is 2.82. The second-order valence-corrected chi connectivity index (χ2v) is 5.46. The number of hydrogen-bond donors (Lipinski definition) is 1. The van der Waals surface area contributed by atoms with Gasteiger partial charge in [-0.3, -0.25) is 4.79 Å². The number of rotatable bonds is 3. The van der Waals surface area contributed by atoms with Gasteiger partial charge in [-0.25, -0.2) is 4.68 Å². The monoisotopic (exact) mass is 355 g/mol. The molecule has 1 aromatic carbocycles. The zero-order valence-electron chi connectivity index (χ0n) is 10.2. The summed E-state index contributed by atoms with van der Waals surface area (Å²) in [6.45, 7) is 4.04. The minimum atomic E-state index is -0.115. The Morgan fingerprint density at radius 2 is 2.17 bits per heavy atom. The molecule has 0 aliphatic heterocycles. The largest absolute Gasteiger partial charge is 0.307 e. The molecule has 2 rings (SSSR count). The van der Waals surface area contributed by atoms with Crippen molar-refractivity contribution < 1.29 is 4.79 Å². The van der Waals surface area contributed by atoms with Gasteiger partial charge < -0.3 is 5.32 Å². The molecule has 1 N–H and O–H groups in total. The molecule has 0 spiro atoms. The summed E-state index contributed by atoms with van der Waals surface area (Å²) in [5.41, 5.74) is 0.651. The maximum atomic E-state index is 12.1. The van der Waals surface area contributed by atoms with Crippen molar-refractivity contribution in [2.75, 3.05) is 5.32 Å². The quantitative estimate of drug-likeness (QED) is 0.859. The highest BCUT2D eigenvalue weighted by atomic mass is 127. The van der Waals surface area contributed by atoms with Crippen molar-refractivity contribution in [3.05, 3.63) is 45.7 Å². The molecule has 18 heavy (non-hydrogen) atoms. The number of halogens is 1. The predicted molar refractivity (Wildman–Crippen MR) is 79.7 cm³/mol. The van der Waals surface area contributed by atoms with Crippen LogP contribution in [0, 0.1) is 3.57 Å². The van der Waals surface area contributed by atoms with Crippen LogP contribution in [-0.2, 0) is 0 Å². The number of benzene rings is 1. The Morgan fingerprint density at radius 3 is 2.83 bits per heavy atom. The van der Waals surface area contributed by atoms with Gasteiger partial charge in [-0.15, -0.1) is 0 Å². The van der Waals surface area contributed by atoms with Gasteiger partial charge in [-0.1, -0.05) is 6.07 Å². The van der Waals surface area contributed by atoms with Crippen LogP contribution in [0.3, 0.4) is 0 Å². The summed E-state index contributed by atoms with van der Waals surface area (Å²) >= 11 is 2.19. The second-order valence-electron chi connectivity index (χ2n) is 4.22. The van der Waals surface area contributed by atoms with Crippen LogP contribution in [0.15, 0.2) is 36.5 Å². The van der Waals surface area contributed by atoms with Crippen LogP contribution in [0.5, 0.6) is 0 Å². The number of aromatic nitrogens is 2. The van der Waals surface area contributed by atoms with E-state index in [1.807, 2.05) is 32.0 Å². The first-order valence-corrected chi connectivity index (χ1v) is 6.76. The number of carbonyl (C=O) groups is 1. The Balaban J connectivity index is 2.19. The molecule has 0 aliphatic carbocycles. The maximum absolute atomic E-state index is 12.1. The van der Waals surface area contributed by atoms with Gasteiger partial charge in [-0.05, 0) is 54.6 Å². The molecular weight excluding hydrogens is 341 g/mol. The zero-order chi connectivity index (χ0) is 13.1. The van der Waals surface area contributed by atoms with Crippen LogP contribution in [0.2, 0.25) is 0 Å². The smallest absolute Gasteiger partial charge is 0.256 e. The Bertz CT molecular complexity index is 563. The van der Waals surface area contributed by atoms with Crippen molar-refractivity contribution in [2.24, 2.45) is 0 Å². The van der Waals surface area contributed by atoms with Crippen molar-refractivity contribution in [1.82, 2.24) is 9.78 Å². The number of anilines is 1. The first-order chi connectivity index (χ1) is 8.58. The van der Waals surface area contributed by atoms with Gasteiger partial charge in [0.15, 0.2) is 0 Å². The topological polar surface area (TPSA) is 46.9 Å². The van der Waals surface area contributed by atoms with E-state index < -0.39 is 0 Å². The minimum Gasteiger partial charge on any atom is -0.307 e. The lowest BCUT2D eigenvalue weighted by Gasteiger charge is -2.11.